The molecule has 0 aliphatic rings. The Labute approximate surface area is 128 Å². The third kappa shape index (κ3) is 3.52. The summed E-state index contributed by atoms with van der Waals surface area (Å²) in [5.41, 5.74) is 1.24. The van der Waals surface area contributed by atoms with E-state index in [0.29, 0.717) is 0 Å². The molecule has 2 aromatic rings. The Morgan fingerprint density at radius 3 is 2.30 bits per heavy atom. The molecule has 0 N–H and O–H groups in total. The summed E-state index contributed by atoms with van der Waals surface area (Å²) in [4.78, 5) is 3.79. The average molecular weight is 306 g/mol. The molecule has 2 nitrogen and oxygen atoms in total. The molecule has 4 heteroatoms. The summed E-state index contributed by atoms with van der Waals surface area (Å²) in [5, 5.41) is 0.945. The van der Waals surface area contributed by atoms with Gasteiger partial charge >= 0.3 is 0 Å². The zero-order valence-corrected chi connectivity index (χ0v) is 13.7. The lowest BCUT2D eigenvalue weighted by atomic mass is 10.2. The first kappa shape index (κ1) is 14.9. The molecule has 0 aliphatic heterocycles. The van der Waals surface area contributed by atoms with Crippen molar-refractivity contribution in [2.24, 2.45) is 0 Å². The maximum absolute atomic E-state index is 5.24. The molecule has 106 valence electrons. The van der Waals surface area contributed by atoms with Crippen LogP contribution in [0.1, 0.15) is 18.7 Å². The number of ether oxygens (including phenoxy) is 2. The van der Waals surface area contributed by atoms with Gasteiger partial charge in [0.25, 0.3) is 0 Å². The molecule has 0 atom stereocenters. The van der Waals surface area contributed by atoms with Gasteiger partial charge in [0.2, 0.25) is 0 Å². The molecule has 0 spiro atoms. The van der Waals surface area contributed by atoms with Crippen molar-refractivity contribution in [3.63, 3.8) is 0 Å². The standard InChI is InChI=1S/C16H18O2S2/c1-11(5-6-12(2)17-3)13-7-8-14(19-13)15-9-10-16(18-4)20-15/h5-10H,1-4H3/b11-5+,12-6+. The molecule has 0 aromatic carbocycles. The first-order chi connectivity index (χ1) is 9.63. The van der Waals surface area contributed by atoms with Crippen LogP contribution in [0.15, 0.2) is 42.2 Å². The Hall–Kier alpha value is -1.52. The predicted octanol–water partition coefficient (Wildman–Crippen LogP) is 5.44. The Morgan fingerprint density at radius 1 is 0.950 bits per heavy atom. The maximum atomic E-state index is 5.24. The highest BCUT2D eigenvalue weighted by Gasteiger charge is 2.07. The first-order valence-electron chi connectivity index (χ1n) is 6.27. The Bertz CT molecular complexity index is 632. The van der Waals surface area contributed by atoms with Crippen LogP contribution < -0.4 is 4.74 Å². The van der Waals surface area contributed by atoms with Crippen molar-refractivity contribution in [1.29, 1.82) is 0 Å². The highest BCUT2D eigenvalue weighted by molar-refractivity contribution is 7.23. The second-order valence-corrected chi connectivity index (χ2v) is 6.45. The molecule has 0 radical (unpaired) electrons. The number of allylic oxidation sites excluding steroid dienone is 4. The highest BCUT2D eigenvalue weighted by Crippen LogP contribution is 2.38. The van der Waals surface area contributed by atoms with Crippen LogP contribution in [-0.4, -0.2) is 14.2 Å². The van der Waals surface area contributed by atoms with Gasteiger partial charge in [-0.15, -0.1) is 11.3 Å². The molecule has 2 rings (SSSR count). The lowest BCUT2D eigenvalue weighted by molar-refractivity contribution is 0.294. The summed E-state index contributed by atoms with van der Waals surface area (Å²) >= 11 is 3.46. The summed E-state index contributed by atoms with van der Waals surface area (Å²) < 4.78 is 10.4. The predicted molar refractivity (Wildman–Crippen MR) is 88.6 cm³/mol. The van der Waals surface area contributed by atoms with E-state index in [0.717, 1.165) is 10.8 Å². The van der Waals surface area contributed by atoms with Crippen LogP contribution in [-0.2, 0) is 4.74 Å². The molecular weight excluding hydrogens is 288 g/mol. The summed E-state index contributed by atoms with van der Waals surface area (Å²) in [6.45, 7) is 4.06. The van der Waals surface area contributed by atoms with Crippen molar-refractivity contribution in [1.82, 2.24) is 0 Å². The fourth-order valence-corrected chi connectivity index (χ4v) is 3.53. The third-order valence-electron chi connectivity index (χ3n) is 2.91. The molecule has 0 bridgehead atoms. The van der Waals surface area contributed by atoms with Gasteiger partial charge in [-0.25, -0.2) is 0 Å². The van der Waals surface area contributed by atoms with E-state index in [-0.39, 0.29) is 0 Å². The summed E-state index contributed by atoms with van der Waals surface area (Å²) in [6, 6.07) is 8.43. The number of hydrogen-bond acceptors (Lipinski definition) is 4. The largest absolute Gasteiger partial charge is 0.501 e. The molecule has 0 unspecified atom stereocenters. The van der Waals surface area contributed by atoms with Crippen LogP contribution in [0.2, 0.25) is 0 Å². The van der Waals surface area contributed by atoms with E-state index < -0.39 is 0 Å². The van der Waals surface area contributed by atoms with Gasteiger partial charge in [0.05, 0.1) is 20.0 Å². The third-order valence-corrected chi connectivity index (χ3v) is 5.37. The summed E-state index contributed by atoms with van der Waals surface area (Å²) in [7, 11) is 3.38. The quantitative estimate of drug-likeness (QED) is 0.541. The van der Waals surface area contributed by atoms with Crippen LogP contribution >= 0.6 is 22.7 Å². The van der Waals surface area contributed by atoms with Crippen molar-refractivity contribution in [3.05, 3.63) is 47.1 Å². The molecule has 2 aromatic heterocycles. The first-order valence-corrected chi connectivity index (χ1v) is 7.91. The van der Waals surface area contributed by atoms with Gasteiger partial charge in [-0.2, -0.15) is 0 Å². The molecule has 0 aliphatic carbocycles. The molecule has 20 heavy (non-hydrogen) atoms. The average Bonchev–Trinajstić information content (AvgIpc) is 3.12. The van der Waals surface area contributed by atoms with Gasteiger partial charge in [-0.05, 0) is 49.8 Å². The van der Waals surface area contributed by atoms with E-state index >= 15 is 0 Å². The molecular formula is C16H18O2S2. The van der Waals surface area contributed by atoms with Crippen molar-refractivity contribution in [3.8, 4) is 14.8 Å². The van der Waals surface area contributed by atoms with E-state index in [9.17, 15) is 0 Å². The van der Waals surface area contributed by atoms with Crippen LogP contribution in [0, 0.1) is 0 Å². The maximum Gasteiger partial charge on any atom is 0.173 e. The van der Waals surface area contributed by atoms with E-state index in [2.05, 4.69) is 31.2 Å². The smallest absolute Gasteiger partial charge is 0.173 e. The van der Waals surface area contributed by atoms with Gasteiger partial charge in [-0.3, -0.25) is 0 Å². The van der Waals surface area contributed by atoms with Crippen LogP contribution in [0.3, 0.4) is 0 Å². The zero-order chi connectivity index (χ0) is 14.5. The van der Waals surface area contributed by atoms with Crippen LogP contribution in [0.5, 0.6) is 5.06 Å². The fourth-order valence-electron chi connectivity index (χ4n) is 1.64. The van der Waals surface area contributed by atoms with Crippen molar-refractivity contribution in [2.75, 3.05) is 14.2 Å². The molecule has 0 saturated heterocycles. The summed E-state index contributed by atoms with van der Waals surface area (Å²) in [6.07, 6.45) is 4.08. The summed E-state index contributed by atoms with van der Waals surface area (Å²) in [5.74, 6) is 0.907. The lowest BCUT2D eigenvalue weighted by Gasteiger charge is -1.97. The molecule has 0 fully saturated rings. The molecule has 0 amide bonds. The highest BCUT2D eigenvalue weighted by atomic mass is 32.1. The monoisotopic (exact) mass is 306 g/mol. The Morgan fingerprint density at radius 2 is 1.65 bits per heavy atom. The van der Waals surface area contributed by atoms with Gasteiger partial charge in [-0.1, -0.05) is 17.4 Å². The van der Waals surface area contributed by atoms with E-state index in [1.165, 1.54) is 20.2 Å². The number of methoxy groups -OCH3 is 2. The van der Waals surface area contributed by atoms with Crippen LogP contribution in [0.4, 0.5) is 0 Å². The minimum absolute atomic E-state index is 0.907. The zero-order valence-electron chi connectivity index (χ0n) is 12.1. The van der Waals surface area contributed by atoms with Crippen LogP contribution in [0.25, 0.3) is 15.3 Å². The van der Waals surface area contributed by atoms with Gasteiger partial charge in [0.15, 0.2) is 5.06 Å². The SMILES string of the molecule is CO/C(C)=C/C=C(\C)c1ccc(-c2ccc(OC)s2)s1. The topological polar surface area (TPSA) is 18.5 Å². The number of thiophene rings is 2. The van der Waals surface area contributed by atoms with Gasteiger partial charge < -0.3 is 9.47 Å². The second kappa shape index (κ2) is 6.77. The minimum Gasteiger partial charge on any atom is -0.501 e. The minimum atomic E-state index is 0.907. The van der Waals surface area contributed by atoms with Gasteiger partial charge in [0, 0.05) is 14.6 Å². The van der Waals surface area contributed by atoms with E-state index in [1.54, 1.807) is 36.9 Å². The van der Waals surface area contributed by atoms with Crippen molar-refractivity contribution < 1.29 is 9.47 Å². The van der Waals surface area contributed by atoms with E-state index in [4.69, 9.17) is 9.47 Å². The fraction of sp³-hybridized carbons (Fsp3) is 0.250. The van der Waals surface area contributed by atoms with Crippen molar-refractivity contribution >= 4 is 28.2 Å². The number of hydrogen-bond donors (Lipinski definition) is 0. The van der Waals surface area contributed by atoms with Crippen molar-refractivity contribution in [2.45, 2.75) is 13.8 Å². The number of rotatable bonds is 5. The Balaban J connectivity index is 2.20. The Kier molecular flexibility index (Phi) is 5.04. The van der Waals surface area contributed by atoms with Gasteiger partial charge in [0.1, 0.15) is 0 Å². The normalized spacial score (nSPS) is 12.6. The second-order valence-electron chi connectivity index (χ2n) is 4.32. The molecule has 0 saturated carbocycles. The molecule has 2 heterocycles. The van der Waals surface area contributed by atoms with E-state index in [1.807, 2.05) is 19.1 Å². The lowest BCUT2D eigenvalue weighted by Crippen LogP contribution is -1.77.